The standard InChI is InChI=1S/C47H47ClFN7O6/c1-46(2)44(47(3,4)45(46)62-30-10-7-26(23-50)34(48)20-30)55-24-36-31(41(55)59)11-9-27(51-36)8-6-25-18-29(19-25)53(5)28-14-16-54(17-15-28)38-22-33-32(21-35(38)49)42(60)56(43(33)61)37-12-13-39(57)52-40(37)58/h7,9-11,20-22,25,28-29,37,44-45H,12-19,24H2,1-5H3,(H,52,57,58). The zero-order chi connectivity index (χ0) is 44.0. The average molecular weight is 860 g/mol. The molecule has 5 heterocycles. The van der Waals surface area contributed by atoms with Crippen LogP contribution in [0.2, 0.25) is 5.02 Å². The Balaban J connectivity index is 0.776. The molecule has 2 aromatic carbocycles. The smallest absolute Gasteiger partial charge is 0.262 e. The second-order valence-corrected chi connectivity index (χ2v) is 19.1. The molecule has 9 rings (SSSR count). The summed E-state index contributed by atoms with van der Waals surface area (Å²) in [5.74, 6) is 4.31. The normalized spacial score (nSPS) is 26.3. The van der Waals surface area contributed by atoms with Crippen molar-refractivity contribution in [2.45, 2.75) is 103 Å². The van der Waals surface area contributed by atoms with E-state index in [4.69, 9.17) is 21.3 Å². The van der Waals surface area contributed by atoms with Crippen LogP contribution in [0.3, 0.4) is 0 Å². The Kier molecular flexibility index (Phi) is 10.2. The molecule has 6 aliphatic rings. The Bertz CT molecular complexity index is 2550. The third-order valence-electron chi connectivity index (χ3n) is 14.2. The van der Waals surface area contributed by atoms with Gasteiger partial charge >= 0.3 is 0 Å². The zero-order valence-corrected chi connectivity index (χ0v) is 36.0. The van der Waals surface area contributed by atoms with E-state index in [1.165, 1.54) is 6.07 Å². The van der Waals surface area contributed by atoms with E-state index in [0.717, 1.165) is 42.3 Å². The van der Waals surface area contributed by atoms with Gasteiger partial charge in [-0.3, -0.25) is 34.2 Å². The fourth-order valence-electron chi connectivity index (χ4n) is 11.2. The Morgan fingerprint density at radius 1 is 0.903 bits per heavy atom. The largest absolute Gasteiger partial charge is 0.489 e. The zero-order valence-electron chi connectivity index (χ0n) is 35.3. The molecule has 1 atom stereocenters. The third kappa shape index (κ3) is 6.79. The second kappa shape index (κ2) is 15.2. The van der Waals surface area contributed by atoms with Crippen LogP contribution in [0.1, 0.15) is 114 Å². The predicted molar refractivity (Wildman–Crippen MR) is 226 cm³/mol. The van der Waals surface area contributed by atoms with Gasteiger partial charge in [-0.25, -0.2) is 9.37 Å². The maximum Gasteiger partial charge on any atom is 0.262 e. The van der Waals surface area contributed by atoms with Gasteiger partial charge in [0.1, 0.15) is 35.5 Å². The first-order valence-corrected chi connectivity index (χ1v) is 21.6. The van der Waals surface area contributed by atoms with Crippen molar-refractivity contribution < 1.29 is 33.1 Å². The Morgan fingerprint density at radius 2 is 1.60 bits per heavy atom. The van der Waals surface area contributed by atoms with Gasteiger partial charge < -0.3 is 19.4 Å². The van der Waals surface area contributed by atoms with E-state index in [0.29, 0.717) is 53.3 Å². The van der Waals surface area contributed by atoms with Gasteiger partial charge in [0.2, 0.25) is 11.8 Å². The van der Waals surface area contributed by atoms with E-state index in [1.807, 2.05) is 21.9 Å². The topological polar surface area (TPSA) is 156 Å². The number of hydrogen-bond acceptors (Lipinski definition) is 10. The lowest BCUT2D eigenvalue weighted by Crippen LogP contribution is -2.74. The van der Waals surface area contributed by atoms with Crippen molar-refractivity contribution in [3.63, 3.8) is 0 Å². The number of imide groups is 2. The van der Waals surface area contributed by atoms with Crippen LogP contribution < -0.4 is 15.0 Å². The predicted octanol–water partition coefficient (Wildman–Crippen LogP) is 5.72. The van der Waals surface area contributed by atoms with Crippen LogP contribution in [0.25, 0.3) is 0 Å². The molecule has 2 saturated carbocycles. The molecule has 0 bridgehead atoms. The van der Waals surface area contributed by atoms with Gasteiger partial charge in [0, 0.05) is 60.5 Å². The van der Waals surface area contributed by atoms with Crippen LogP contribution in [0.15, 0.2) is 42.5 Å². The number of pyridine rings is 1. The first-order valence-electron chi connectivity index (χ1n) is 21.2. The van der Waals surface area contributed by atoms with Gasteiger partial charge in [0.25, 0.3) is 17.7 Å². The number of piperidine rings is 2. The Labute approximate surface area is 364 Å². The molecular weight excluding hydrogens is 813 g/mol. The minimum Gasteiger partial charge on any atom is -0.489 e. The van der Waals surface area contributed by atoms with E-state index >= 15 is 4.39 Å². The summed E-state index contributed by atoms with van der Waals surface area (Å²) in [5.41, 5.74) is 1.84. The highest BCUT2D eigenvalue weighted by Gasteiger charge is 2.67. The van der Waals surface area contributed by atoms with Gasteiger partial charge in [0.05, 0.1) is 45.2 Å². The molecule has 2 saturated heterocycles. The molecule has 4 fully saturated rings. The van der Waals surface area contributed by atoms with Crippen LogP contribution in [0.5, 0.6) is 5.75 Å². The van der Waals surface area contributed by atoms with Crippen LogP contribution in [0.4, 0.5) is 10.1 Å². The number of fused-ring (bicyclic) bond motifs is 2. The van der Waals surface area contributed by atoms with E-state index in [1.54, 1.807) is 18.2 Å². The lowest BCUT2D eigenvalue weighted by molar-refractivity contribution is -0.199. The van der Waals surface area contributed by atoms with Crippen molar-refractivity contribution in [1.82, 2.24) is 25.0 Å². The van der Waals surface area contributed by atoms with Crippen molar-refractivity contribution in [2.75, 3.05) is 25.0 Å². The summed E-state index contributed by atoms with van der Waals surface area (Å²) < 4.78 is 22.0. The number of amides is 5. The second-order valence-electron chi connectivity index (χ2n) is 18.7. The summed E-state index contributed by atoms with van der Waals surface area (Å²) in [6.07, 6.45) is 3.26. The Morgan fingerprint density at radius 3 is 2.26 bits per heavy atom. The summed E-state index contributed by atoms with van der Waals surface area (Å²) in [6.45, 7) is 9.98. The first kappa shape index (κ1) is 41.5. The molecular formula is C47H47ClFN7O6. The number of carbonyl (C=O) groups excluding carboxylic acids is 5. The summed E-state index contributed by atoms with van der Waals surface area (Å²) >= 11 is 6.28. The lowest BCUT2D eigenvalue weighted by Gasteiger charge is -2.65. The van der Waals surface area contributed by atoms with Gasteiger partial charge in [-0.05, 0) is 81.5 Å². The third-order valence-corrected chi connectivity index (χ3v) is 14.5. The number of carbonyl (C=O) groups is 5. The molecule has 1 unspecified atom stereocenters. The van der Waals surface area contributed by atoms with Crippen LogP contribution in [-0.2, 0) is 16.1 Å². The highest BCUT2D eigenvalue weighted by molar-refractivity contribution is 6.31. The van der Waals surface area contributed by atoms with Gasteiger partial charge in [0.15, 0.2) is 0 Å². The molecule has 3 aromatic rings. The van der Waals surface area contributed by atoms with Crippen LogP contribution in [-0.4, -0.2) is 99.6 Å². The molecule has 0 radical (unpaired) electrons. The summed E-state index contributed by atoms with van der Waals surface area (Å²) in [4.78, 5) is 76.3. The molecule has 0 spiro atoms. The Hall–Kier alpha value is -5.83. The summed E-state index contributed by atoms with van der Waals surface area (Å²) in [6, 6.07) is 12.8. The van der Waals surface area contributed by atoms with Crippen LogP contribution >= 0.6 is 11.6 Å². The number of nitrogens with one attached hydrogen (secondary N) is 1. The highest BCUT2D eigenvalue weighted by Crippen LogP contribution is 2.59. The molecule has 15 heteroatoms. The maximum atomic E-state index is 15.5. The maximum absolute atomic E-state index is 15.5. The number of rotatable bonds is 7. The number of benzene rings is 2. The fraction of sp³-hybridized carbons (Fsp3) is 0.468. The molecule has 1 aromatic heterocycles. The molecule has 5 amide bonds. The first-order chi connectivity index (χ1) is 29.5. The lowest BCUT2D eigenvalue weighted by atomic mass is 9.49. The number of ether oxygens (including phenoxy) is 1. The number of hydrogen-bond donors (Lipinski definition) is 1. The average Bonchev–Trinajstić information content (AvgIpc) is 3.65. The molecule has 1 N–H and O–H groups in total. The SMILES string of the molecule is CN(C1CCN(c2cc3c(cc2F)C(=O)N(C2CCC(=O)NC2=O)C3=O)CC1)C1CC(C#Cc2ccc3c(n2)CN(C2C(C)(C)C(Oc4ccc(C#N)c(Cl)c4)C2(C)C)C3=O)C1. The van der Waals surface area contributed by atoms with Crippen molar-refractivity contribution >= 4 is 46.8 Å². The van der Waals surface area contributed by atoms with E-state index in [-0.39, 0.29) is 70.5 Å². The summed E-state index contributed by atoms with van der Waals surface area (Å²) in [7, 11) is 2.13. The number of anilines is 1. The molecule has 13 nitrogen and oxygen atoms in total. The van der Waals surface area contributed by atoms with E-state index < -0.39 is 35.5 Å². The van der Waals surface area contributed by atoms with Gasteiger partial charge in [-0.2, -0.15) is 5.26 Å². The number of aromatic nitrogens is 1. The van der Waals surface area contributed by atoms with Crippen molar-refractivity contribution in [3.8, 4) is 23.7 Å². The van der Waals surface area contributed by atoms with Crippen LogP contribution in [0, 0.1) is 45.7 Å². The monoisotopic (exact) mass is 859 g/mol. The fourth-order valence-corrected chi connectivity index (χ4v) is 11.5. The van der Waals surface area contributed by atoms with Crippen molar-refractivity contribution in [3.05, 3.63) is 86.9 Å². The van der Waals surface area contributed by atoms with E-state index in [9.17, 15) is 29.2 Å². The van der Waals surface area contributed by atoms with Crippen molar-refractivity contribution in [1.29, 1.82) is 5.26 Å². The quantitative estimate of drug-likeness (QED) is 0.231. The van der Waals surface area contributed by atoms with Gasteiger partial charge in [-0.15, -0.1) is 0 Å². The number of nitriles is 1. The molecule has 4 aliphatic heterocycles. The minimum absolute atomic E-state index is 0.0107. The summed E-state index contributed by atoms with van der Waals surface area (Å²) in [5, 5.41) is 11.8. The highest BCUT2D eigenvalue weighted by atomic mass is 35.5. The number of halogens is 2. The molecule has 2 aliphatic carbocycles. The molecule has 62 heavy (non-hydrogen) atoms. The minimum atomic E-state index is -1.11. The number of nitrogens with zero attached hydrogens (tertiary/aromatic N) is 6. The van der Waals surface area contributed by atoms with Crippen molar-refractivity contribution in [2.24, 2.45) is 16.7 Å². The molecule has 320 valence electrons. The van der Waals surface area contributed by atoms with E-state index in [2.05, 4.69) is 62.9 Å². The van der Waals surface area contributed by atoms with Gasteiger partial charge in [-0.1, -0.05) is 45.2 Å².